The van der Waals surface area contributed by atoms with Crippen LogP contribution in [0.2, 0.25) is 0 Å². The fourth-order valence-corrected chi connectivity index (χ4v) is 10.5. The molecule has 0 saturated carbocycles. The first kappa shape index (κ1) is 38.1. The summed E-state index contributed by atoms with van der Waals surface area (Å²) in [7, 11) is -49.9. The van der Waals surface area contributed by atoms with E-state index in [4.69, 9.17) is 39.1 Å². The van der Waals surface area contributed by atoms with Crippen LogP contribution in [0, 0.1) is 0 Å². The van der Waals surface area contributed by atoms with Gasteiger partial charge < -0.3 is 54.0 Å². The van der Waals surface area contributed by atoms with Crippen molar-refractivity contribution in [2.24, 2.45) is 0 Å². The number of phosphoric ester groups is 2. The molecule has 27 nitrogen and oxygen atoms in total. The molecule has 0 spiro atoms. The van der Waals surface area contributed by atoms with Gasteiger partial charge in [0, 0.05) is 6.92 Å². The van der Waals surface area contributed by atoms with Gasteiger partial charge in [-0.25, -0.2) is 45.6 Å². The molecule has 0 aromatic rings. The van der Waals surface area contributed by atoms with Gasteiger partial charge in [0.05, 0.1) is 0 Å². The van der Waals surface area contributed by atoms with Crippen molar-refractivity contribution in [2.75, 3.05) is 0 Å². The maximum atomic E-state index is 11.7. The topological polar surface area (TPSA) is 433 Å². The maximum Gasteiger partial charge on any atom is 0.490 e. The second kappa shape index (κ2) is 12.1. The lowest BCUT2D eigenvalue weighted by molar-refractivity contribution is -0.271. The average Bonchev–Trinajstić information content (AvgIpc) is 2.29. The molecular formula is C2H14O27P8. The van der Waals surface area contributed by atoms with Crippen LogP contribution in [0.3, 0.4) is 0 Å². The van der Waals surface area contributed by atoms with E-state index in [-0.39, 0.29) is 6.92 Å². The zero-order valence-corrected chi connectivity index (χ0v) is 23.7. The third kappa shape index (κ3) is 18.9. The highest BCUT2D eigenvalue weighted by molar-refractivity contribution is 7.70. The lowest BCUT2D eigenvalue weighted by Gasteiger charge is -2.27. The molecule has 0 heterocycles. The molecule has 0 aliphatic heterocycles. The Bertz CT molecular complexity index is 1110. The van der Waals surface area contributed by atoms with Crippen LogP contribution >= 0.6 is 62.6 Å². The minimum Gasteiger partial charge on any atom is -0.343 e. The van der Waals surface area contributed by atoms with Gasteiger partial charge in [-0.1, -0.05) is 0 Å². The predicted octanol–water partition coefficient (Wildman–Crippen LogP) is -0.427. The summed E-state index contributed by atoms with van der Waals surface area (Å²) < 4.78 is 116. The molecular weight excluding hydrogens is 704 g/mol. The number of rotatable bonds is 16. The van der Waals surface area contributed by atoms with E-state index in [2.05, 4.69) is 34.9 Å². The van der Waals surface area contributed by atoms with Crippen LogP contribution in [0.4, 0.5) is 0 Å². The molecule has 0 saturated heterocycles. The molecule has 35 heteroatoms. The molecule has 0 bridgehead atoms. The SMILES string of the molecule is CC(O)(OP(=O)(O)OP(=O)(O)OP(=O)(O)OP(=O)(O)O)OP(=O)(O)OP(=O)(O)OP(=O)(O)OP(=O)(O)O. The molecule has 0 aromatic carbocycles. The van der Waals surface area contributed by atoms with Gasteiger partial charge in [-0.05, 0) is 0 Å². The smallest absolute Gasteiger partial charge is 0.343 e. The summed E-state index contributed by atoms with van der Waals surface area (Å²) in [5.41, 5.74) is 0. The predicted molar refractivity (Wildman–Crippen MR) is 102 cm³/mol. The maximum absolute atomic E-state index is 11.7. The van der Waals surface area contributed by atoms with E-state index in [1.54, 1.807) is 0 Å². The summed E-state index contributed by atoms with van der Waals surface area (Å²) in [5.74, 6) is -4.09. The zero-order chi connectivity index (χ0) is 30.2. The van der Waals surface area contributed by atoms with Crippen LogP contribution in [-0.4, -0.2) is 60.0 Å². The number of hydrogen-bond acceptors (Lipinski definition) is 17. The Morgan fingerprint density at radius 2 is 0.595 bits per heavy atom. The summed E-state index contributed by atoms with van der Waals surface area (Å²) >= 11 is 0. The minimum absolute atomic E-state index is 0.0561. The highest BCUT2D eigenvalue weighted by Gasteiger charge is 2.51. The first-order valence-electron chi connectivity index (χ1n) is 7.15. The second-order valence-corrected chi connectivity index (χ2v) is 17.2. The summed E-state index contributed by atoms with van der Waals surface area (Å²) in [6, 6.07) is 0. The summed E-state index contributed by atoms with van der Waals surface area (Å²) in [6.07, 6.45) is 0. The Kier molecular flexibility index (Phi) is 12.5. The molecule has 224 valence electrons. The molecule has 0 radical (unpaired) electrons. The summed E-state index contributed by atoms with van der Waals surface area (Å²) in [5, 5.41) is 9.59. The molecule has 11 N–H and O–H groups in total. The highest BCUT2D eigenvalue weighted by atomic mass is 31.3. The van der Waals surface area contributed by atoms with E-state index in [1.165, 1.54) is 0 Å². The molecule has 0 fully saturated rings. The van der Waals surface area contributed by atoms with Gasteiger partial charge in [0.2, 0.25) is 0 Å². The second-order valence-electron chi connectivity index (χ2n) is 5.36. The highest BCUT2D eigenvalue weighted by Crippen LogP contribution is 2.73. The van der Waals surface area contributed by atoms with E-state index < -0.39 is 68.6 Å². The van der Waals surface area contributed by atoms with Crippen molar-refractivity contribution in [1.29, 1.82) is 0 Å². The number of hydrogen-bond donors (Lipinski definition) is 11. The van der Waals surface area contributed by atoms with Gasteiger partial charge in [0.15, 0.2) is 0 Å². The normalized spacial score (nSPS) is 24.8. The van der Waals surface area contributed by atoms with E-state index in [0.29, 0.717) is 0 Å². The van der Waals surface area contributed by atoms with E-state index in [9.17, 15) is 51.4 Å². The number of aliphatic hydroxyl groups is 1. The van der Waals surface area contributed by atoms with Crippen LogP contribution in [0.15, 0.2) is 0 Å². The van der Waals surface area contributed by atoms with Crippen molar-refractivity contribution in [3.05, 3.63) is 0 Å². The first-order valence-corrected chi connectivity index (χ1v) is 19.2. The quantitative estimate of drug-likeness (QED) is 0.0712. The van der Waals surface area contributed by atoms with Gasteiger partial charge in [-0.3, -0.25) is 0 Å². The van der Waals surface area contributed by atoms with Crippen LogP contribution in [0.1, 0.15) is 6.92 Å². The summed E-state index contributed by atoms with van der Waals surface area (Å²) in [4.78, 5) is 88.0. The van der Waals surface area contributed by atoms with E-state index in [0.717, 1.165) is 0 Å². The van der Waals surface area contributed by atoms with E-state index >= 15 is 0 Å². The van der Waals surface area contributed by atoms with Crippen molar-refractivity contribution in [2.45, 2.75) is 12.9 Å². The molecule has 37 heavy (non-hydrogen) atoms. The van der Waals surface area contributed by atoms with Crippen LogP contribution in [-0.2, 0) is 71.4 Å². The Balaban J connectivity index is 5.49. The molecule has 0 aliphatic carbocycles. The van der Waals surface area contributed by atoms with Crippen molar-refractivity contribution in [3.8, 4) is 0 Å². The van der Waals surface area contributed by atoms with Crippen molar-refractivity contribution < 1.29 is 125 Å². The molecule has 6 unspecified atom stereocenters. The van der Waals surface area contributed by atoms with Crippen LogP contribution in [0.25, 0.3) is 0 Å². The van der Waals surface area contributed by atoms with Gasteiger partial charge in [0.25, 0.3) is 5.97 Å². The zero-order valence-electron chi connectivity index (χ0n) is 16.5. The fraction of sp³-hybridized carbons (Fsp3) is 1.00. The Morgan fingerprint density at radius 3 is 0.811 bits per heavy atom. The Morgan fingerprint density at radius 1 is 0.405 bits per heavy atom. The molecule has 0 aromatic heterocycles. The Hall–Kier alpha value is 1.08. The first-order chi connectivity index (χ1) is 15.7. The van der Waals surface area contributed by atoms with Crippen LogP contribution in [0.5, 0.6) is 0 Å². The lowest BCUT2D eigenvalue weighted by Crippen LogP contribution is -2.30. The Labute approximate surface area is 201 Å². The largest absolute Gasteiger partial charge is 0.490 e. The standard InChI is InChI=1S/C2H14O27P8/c1-2(3,22-32(10,11)26-36(18,19)28-34(14,15)24-30(4,5)6)23-33(12,13)27-37(20,21)29-35(16,17)25-31(7,8)9/h3H,1H3,(H,10,11)(H,12,13)(H,14,15)(H,16,17)(H,18,19)(H,20,21)(H2,4,5,6)(H2,7,8,9). The molecule has 0 rings (SSSR count). The molecule has 0 amide bonds. The van der Waals surface area contributed by atoms with Crippen molar-refractivity contribution in [3.63, 3.8) is 0 Å². The third-order valence-electron chi connectivity index (χ3n) is 1.81. The van der Waals surface area contributed by atoms with E-state index in [1.807, 2.05) is 0 Å². The molecule has 0 aliphatic rings. The lowest BCUT2D eigenvalue weighted by atomic mass is 10.7. The molecule has 6 atom stereocenters. The van der Waals surface area contributed by atoms with Gasteiger partial charge in [-0.2, -0.15) is 25.9 Å². The third-order valence-corrected chi connectivity index (χ3v) is 12.9. The number of phosphoric acid groups is 8. The van der Waals surface area contributed by atoms with Gasteiger partial charge in [0.1, 0.15) is 0 Å². The average molecular weight is 718 g/mol. The van der Waals surface area contributed by atoms with Gasteiger partial charge in [-0.15, -0.1) is 0 Å². The van der Waals surface area contributed by atoms with Crippen molar-refractivity contribution in [1.82, 2.24) is 0 Å². The van der Waals surface area contributed by atoms with Crippen molar-refractivity contribution >= 4 is 62.6 Å². The van der Waals surface area contributed by atoms with Crippen LogP contribution < -0.4 is 0 Å². The monoisotopic (exact) mass is 718 g/mol. The minimum atomic E-state index is -6.42. The van der Waals surface area contributed by atoms with Gasteiger partial charge >= 0.3 is 62.6 Å². The fourth-order valence-electron chi connectivity index (χ4n) is 1.33. The summed E-state index contributed by atoms with van der Waals surface area (Å²) in [6.45, 7) is -0.0561.